The first-order valence-corrected chi connectivity index (χ1v) is 7.90. The monoisotopic (exact) mass is 314 g/mol. The second-order valence-corrected chi connectivity index (χ2v) is 5.81. The number of morpholine rings is 1. The number of nitrogens with one attached hydrogen (secondary N) is 1. The summed E-state index contributed by atoms with van der Waals surface area (Å²) in [5.41, 5.74) is 6.77. The molecule has 0 aliphatic carbocycles. The first-order valence-electron chi connectivity index (χ1n) is 7.90. The third-order valence-corrected chi connectivity index (χ3v) is 4.23. The quantitative estimate of drug-likeness (QED) is 0.873. The van der Waals surface area contributed by atoms with Gasteiger partial charge in [-0.3, -0.25) is 9.69 Å². The summed E-state index contributed by atoms with van der Waals surface area (Å²) >= 11 is 0. The van der Waals surface area contributed by atoms with Crippen molar-refractivity contribution in [2.24, 2.45) is 5.73 Å². The van der Waals surface area contributed by atoms with E-state index in [4.69, 9.17) is 10.5 Å². The van der Waals surface area contributed by atoms with Crippen LogP contribution in [0.5, 0.6) is 0 Å². The summed E-state index contributed by atoms with van der Waals surface area (Å²) in [7, 11) is 0. The molecule has 23 heavy (non-hydrogen) atoms. The summed E-state index contributed by atoms with van der Waals surface area (Å²) in [6.07, 6.45) is 0. The van der Waals surface area contributed by atoms with Gasteiger partial charge in [-0.2, -0.15) is 0 Å². The molecule has 6 heteroatoms. The van der Waals surface area contributed by atoms with Crippen LogP contribution in [0.25, 0.3) is 10.9 Å². The minimum Gasteiger partial charge on any atom is -0.379 e. The van der Waals surface area contributed by atoms with Gasteiger partial charge in [0, 0.05) is 31.1 Å². The normalized spacial score (nSPS) is 17.1. The highest BCUT2D eigenvalue weighted by atomic mass is 16.5. The number of ether oxygens (including phenoxy) is 1. The zero-order valence-electron chi connectivity index (χ0n) is 13.3. The molecule has 1 amide bonds. The van der Waals surface area contributed by atoms with E-state index in [2.05, 4.69) is 22.1 Å². The number of carbonyl (C=O) groups is 1. The van der Waals surface area contributed by atoms with Gasteiger partial charge in [0.1, 0.15) is 5.82 Å². The summed E-state index contributed by atoms with van der Waals surface area (Å²) in [4.78, 5) is 18.7. The van der Waals surface area contributed by atoms with E-state index in [1.54, 1.807) is 6.07 Å². The Hall–Kier alpha value is -2.18. The average molecular weight is 314 g/mol. The predicted octanol–water partition coefficient (Wildman–Crippen LogP) is 1.47. The molecule has 0 saturated carbocycles. The maximum atomic E-state index is 11.7. The van der Waals surface area contributed by atoms with E-state index in [1.807, 2.05) is 24.3 Å². The molecule has 1 unspecified atom stereocenters. The molecule has 1 saturated heterocycles. The van der Waals surface area contributed by atoms with Crippen molar-refractivity contribution in [3.8, 4) is 0 Å². The first kappa shape index (κ1) is 15.7. The molecule has 1 aromatic carbocycles. The number of nitrogens with two attached hydrogens (primary N) is 1. The number of hydrogen-bond donors (Lipinski definition) is 2. The number of anilines is 1. The fourth-order valence-corrected chi connectivity index (χ4v) is 2.87. The Bertz CT molecular complexity index is 698. The van der Waals surface area contributed by atoms with Crippen LogP contribution in [0.4, 0.5) is 5.82 Å². The molecule has 6 nitrogen and oxygen atoms in total. The summed E-state index contributed by atoms with van der Waals surface area (Å²) in [5.74, 6) is 0.241. The van der Waals surface area contributed by atoms with Crippen molar-refractivity contribution in [3.63, 3.8) is 0 Å². The molecule has 122 valence electrons. The van der Waals surface area contributed by atoms with Crippen LogP contribution < -0.4 is 11.1 Å². The predicted molar refractivity (Wildman–Crippen MR) is 90.6 cm³/mol. The van der Waals surface area contributed by atoms with Crippen LogP contribution in [-0.4, -0.2) is 54.7 Å². The Labute approximate surface area is 135 Å². The number of fused-ring (bicyclic) bond motifs is 1. The van der Waals surface area contributed by atoms with Gasteiger partial charge in [-0.1, -0.05) is 18.2 Å². The number of aromatic nitrogens is 1. The van der Waals surface area contributed by atoms with Crippen LogP contribution in [0, 0.1) is 0 Å². The molecule has 1 aromatic heterocycles. The maximum absolute atomic E-state index is 11.7. The minimum atomic E-state index is -0.437. The molecule has 1 aliphatic heterocycles. The van der Waals surface area contributed by atoms with E-state index < -0.39 is 5.91 Å². The Morgan fingerprint density at radius 1 is 1.39 bits per heavy atom. The molecule has 3 N–H and O–H groups in total. The van der Waals surface area contributed by atoms with Crippen LogP contribution in [0.2, 0.25) is 0 Å². The fourth-order valence-electron chi connectivity index (χ4n) is 2.87. The standard InChI is InChI=1S/C17H22N4O2/c1-12(21-6-8-23-9-7-21)11-19-16-10-14(17(18)22)13-4-2-3-5-15(13)20-16/h2-5,10,12H,6-9,11H2,1H3,(H2,18,22)(H,19,20). The highest BCUT2D eigenvalue weighted by molar-refractivity contribution is 6.06. The number of nitrogens with zero attached hydrogens (tertiary/aromatic N) is 2. The number of rotatable bonds is 5. The number of benzene rings is 1. The average Bonchev–Trinajstić information content (AvgIpc) is 2.59. The smallest absolute Gasteiger partial charge is 0.249 e. The zero-order valence-corrected chi connectivity index (χ0v) is 13.3. The van der Waals surface area contributed by atoms with Gasteiger partial charge in [0.2, 0.25) is 5.91 Å². The van der Waals surface area contributed by atoms with Gasteiger partial charge >= 0.3 is 0 Å². The van der Waals surface area contributed by atoms with E-state index in [0.29, 0.717) is 17.4 Å². The molecule has 0 bridgehead atoms. The number of carbonyl (C=O) groups excluding carboxylic acids is 1. The number of hydrogen-bond acceptors (Lipinski definition) is 5. The van der Waals surface area contributed by atoms with Gasteiger partial charge in [-0.25, -0.2) is 4.98 Å². The largest absolute Gasteiger partial charge is 0.379 e. The van der Waals surface area contributed by atoms with E-state index in [1.165, 1.54) is 0 Å². The van der Waals surface area contributed by atoms with E-state index in [9.17, 15) is 4.79 Å². The van der Waals surface area contributed by atoms with E-state index in [0.717, 1.165) is 43.8 Å². The van der Waals surface area contributed by atoms with Gasteiger partial charge in [0.15, 0.2) is 0 Å². The lowest BCUT2D eigenvalue weighted by Gasteiger charge is -2.32. The van der Waals surface area contributed by atoms with Crippen LogP contribution in [0.3, 0.4) is 0 Å². The number of primary amides is 1. The number of amides is 1. The molecule has 0 spiro atoms. The lowest BCUT2D eigenvalue weighted by Crippen LogP contribution is -2.45. The molecule has 1 fully saturated rings. The van der Waals surface area contributed by atoms with Crippen molar-refractivity contribution in [2.45, 2.75) is 13.0 Å². The molecule has 2 heterocycles. The highest BCUT2D eigenvalue weighted by Gasteiger charge is 2.17. The van der Waals surface area contributed by atoms with Crippen molar-refractivity contribution in [1.29, 1.82) is 0 Å². The van der Waals surface area contributed by atoms with E-state index >= 15 is 0 Å². The molecule has 3 rings (SSSR count). The Morgan fingerprint density at radius 2 is 2.13 bits per heavy atom. The summed E-state index contributed by atoms with van der Waals surface area (Å²) in [5, 5.41) is 4.11. The van der Waals surface area contributed by atoms with Crippen molar-refractivity contribution >= 4 is 22.6 Å². The third kappa shape index (κ3) is 3.60. The molecular formula is C17H22N4O2. The second kappa shape index (κ2) is 6.93. The summed E-state index contributed by atoms with van der Waals surface area (Å²) in [6, 6.07) is 9.63. The Kier molecular flexibility index (Phi) is 4.73. The van der Waals surface area contributed by atoms with Crippen molar-refractivity contribution < 1.29 is 9.53 Å². The van der Waals surface area contributed by atoms with Crippen LogP contribution in [0.1, 0.15) is 17.3 Å². The molecule has 2 aromatic rings. The number of para-hydroxylation sites is 1. The molecule has 1 aliphatic rings. The molecular weight excluding hydrogens is 292 g/mol. The van der Waals surface area contributed by atoms with Gasteiger partial charge < -0.3 is 15.8 Å². The highest BCUT2D eigenvalue weighted by Crippen LogP contribution is 2.20. The van der Waals surface area contributed by atoms with Crippen molar-refractivity contribution in [3.05, 3.63) is 35.9 Å². The molecule has 0 radical (unpaired) electrons. The van der Waals surface area contributed by atoms with Crippen LogP contribution >= 0.6 is 0 Å². The summed E-state index contributed by atoms with van der Waals surface area (Å²) < 4.78 is 5.38. The molecule has 1 atom stereocenters. The van der Waals surface area contributed by atoms with Gasteiger partial charge in [0.05, 0.1) is 24.3 Å². The van der Waals surface area contributed by atoms with Crippen molar-refractivity contribution in [1.82, 2.24) is 9.88 Å². The maximum Gasteiger partial charge on any atom is 0.249 e. The zero-order chi connectivity index (χ0) is 16.2. The van der Waals surface area contributed by atoms with Crippen LogP contribution in [-0.2, 0) is 4.74 Å². The SMILES string of the molecule is CC(CNc1cc(C(N)=O)c2ccccc2n1)N1CCOCC1. The van der Waals surface area contributed by atoms with Gasteiger partial charge in [-0.05, 0) is 19.1 Å². The number of pyridine rings is 1. The topological polar surface area (TPSA) is 80.5 Å². The van der Waals surface area contributed by atoms with Gasteiger partial charge in [-0.15, -0.1) is 0 Å². The minimum absolute atomic E-state index is 0.365. The summed E-state index contributed by atoms with van der Waals surface area (Å²) in [6.45, 7) is 6.38. The Balaban J connectivity index is 1.76. The van der Waals surface area contributed by atoms with Crippen LogP contribution in [0.15, 0.2) is 30.3 Å². The first-order chi connectivity index (χ1) is 11.1. The Morgan fingerprint density at radius 3 is 2.87 bits per heavy atom. The fraction of sp³-hybridized carbons (Fsp3) is 0.412. The third-order valence-electron chi connectivity index (χ3n) is 4.23. The van der Waals surface area contributed by atoms with Crippen molar-refractivity contribution in [2.75, 3.05) is 38.2 Å². The van der Waals surface area contributed by atoms with E-state index in [-0.39, 0.29) is 0 Å². The lowest BCUT2D eigenvalue weighted by molar-refractivity contribution is 0.0227. The van der Waals surface area contributed by atoms with Gasteiger partial charge in [0.25, 0.3) is 0 Å². The lowest BCUT2D eigenvalue weighted by atomic mass is 10.1. The second-order valence-electron chi connectivity index (χ2n) is 5.81.